The molecule has 0 saturated heterocycles. The van der Waals surface area contributed by atoms with Crippen LogP contribution in [0.2, 0.25) is 0 Å². The van der Waals surface area contributed by atoms with Crippen molar-refractivity contribution in [1.82, 2.24) is 0 Å². The Balaban J connectivity index is 2.88. The fourth-order valence-corrected chi connectivity index (χ4v) is 0.636. The monoisotopic (exact) mass is 132 g/mol. The Morgan fingerprint density at radius 1 is 1.33 bits per heavy atom. The minimum atomic E-state index is 0.122. The third kappa shape index (κ3) is 5.76. The lowest BCUT2D eigenvalue weighted by Gasteiger charge is -2.05. The highest BCUT2D eigenvalue weighted by Crippen LogP contribution is 1.95. The predicted octanol–water partition coefficient (Wildman–Crippen LogP) is -0.565. The maximum Gasteiger partial charge on any atom is 0.0431 e. The Morgan fingerprint density at radius 3 is 2.44 bits per heavy atom. The third-order valence-electron chi connectivity index (χ3n) is 1.29. The summed E-state index contributed by atoms with van der Waals surface area (Å²) in [7, 11) is 0. The second kappa shape index (κ2) is 6.01. The summed E-state index contributed by atoms with van der Waals surface area (Å²) < 4.78 is 0. The van der Waals surface area contributed by atoms with E-state index in [9.17, 15) is 0 Å². The Morgan fingerprint density at radius 2 is 2.00 bits per heavy atom. The van der Waals surface area contributed by atoms with E-state index >= 15 is 0 Å². The molecule has 0 aromatic carbocycles. The first kappa shape index (κ1) is 8.88. The molecule has 0 aromatic rings. The van der Waals surface area contributed by atoms with Crippen molar-refractivity contribution in [2.75, 3.05) is 13.2 Å². The van der Waals surface area contributed by atoms with Crippen LogP contribution in [0, 0.1) is 0 Å². The summed E-state index contributed by atoms with van der Waals surface area (Å²) in [6.45, 7) is 0.808. The molecule has 0 spiro atoms. The van der Waals surface area contributed by atoms with Crippen LogP contribution in [0.5, 0.6) is 0 Å². The minimum absolute atomic E-state index is 0.122. The van der Waals surface area contributed by atoms with Crippen molar-refractivity contribution in [3.05, 3.63) is 0 Å². The summed E-state index contributed by atoms with van der Waals surface area (Å²) in [5.41, 5.74) is 10.8. The molecule has 0 saturated carbocycles. The van der Waals surface area contributed by atoms with Gasteiger partial charge in [-0.15, -0.1) is 0 Å². The van der Waals surface area contributed by atoms with Gasteiger partial charge < -0.3 is 16.6 Å². The molecule has 0 rings (SSSR count). The van der Waals surface area contributed by atoms with Gasteiger partial charge in [-0.3, -0.25) is 0 Å². The van der Waals surface area contributed by atoms with Gasteiger partial charge in [0, 0.05) is 19.2 Å². The Hall–Kier alpha value is -0.120. The Kier molecular flexibility index (Phi) is 5.93. The predicted molar refractivity (Wildman–Crippen MR) is 38.0 cm³/mol. The number of nitrogens with two attached hydrogens (primary N) is 2. The smallest absolute Gasteiger partial charge is 0.0431 e. The Labute approximate surface area is 56.0 Å². The summed E-state index contributed by atoms with van der Waals surface area (Å²) in [6.07, 6.45) is 2.75. The van der Waals surface area contributed by atoms with Gasteiger partial charge in [-0.25, -0.2) is 0 Å². The number of rotatable bonds is 5. The van der Waals surface area contributed by atoms with Gasteiger partial charge in [-0.2, -0.15) is 0 Å². The van der Waals surface area contributed by atoms with Gasteiger partial charge in [0.1, 0.15) is 0 Å². The van der Waals surface area contributed by atoms with Crippen molar-refractivity contribution in [2.24, 2.45) is 11.5 Å². The van der Waals surface area contributed by atoms with Gasteiger partial charge in [0.2, 0.25) is 0 Å². The average Bonchev–Trinajstić information content (AvgIpc) is 1.89. The largest absolute Gasteiger partial charge is 0.396 e. The summed E-state index contributed by atoms with van der Waals surface area (Å²) in [6, 6.07) is 0.122. The molecular formula is C6H16N2O. The van der Waals surface area contributed by atoms with Gasteiger partial charge in [0.05, 0.1) is 0 Å². The topological polar surface area (TPSA) is 72.3 Å². The molecule has 0 aliphatic heterocycles. The molecule has 0 amide bonds. The zero-order chi connectivity index (χ0) is 7.11. The Bertz CT molecular complexity index is 59.0. The van der Waals surface area contributed by atoms with E-state index in [-0.39, 0.29) is 12.6 Å². The van der Waals surface area contributed by atoms with Crippen LogP contribution in [-0.4, -0.2) is 24.3 Å². The van der Waals surface area contributed by atoms with Gasteiger partial charge in [0.25, 0.3) is 0 Å². The van der Waals surface area contributed by atoms with Crippen molar-refractivity contribution in [3.63, 3.8) is 0 Å². The highest BCUT2D eigenvalue weighted by Gasteiger charge is 1.96. The van der Waals surface area contributed by atoms with E-state index in [0.29, 0.717) is 6.54 Å². The number of aliphatic hydroxyl groups is 1. The van der Waals surface area contributed by atoms with Crippen LogP contribution in [-0.2, 0) is 0 Å². The molecule has 3 nitrogen and oxygen atoms in total. The standard InChI is InChI=1S/C6H16N2O/c7-5-6(8)3-1-2-4-9/h6,9H,1-5,7-8H2. The van der Waals surface area contributed by atoms with Crippen LogP contribution in [0.25, 0.3) is 0 Å². The minimum Gasteiger partial charge on any atom is -0.396 e. The van der Waals surface area contributed by atoms with Crippen LogP contribution in [0.1, 0.15) is 19.3 Å². The fourth-order valence-electron chi connectivity index (χ4n) is 0.636. The summed E-state index contributed by atoms with van der Waals surface area (Å²) in [5.74, 6) is 0. The van der Waals surface area contributed by atoms with Crippen LogP contribution in [0.4, 0.5) is 0 Å². The van der Waals surface area contributed by atoms with Crippen molar-refractivity contribution in [2.45, 2.75) is 25.3 Å². The molecule has 9 heavy (non-hydrogen) atoms. The molecule has 0 heterocycles. The second-order valence-electron chi connectivity index (χ2n) is 2.22. The van der Waals surface area contributed by atoms with E-state index in [1.165, 1.54) is 0 Å². The van der Waals surface area contributed by atoms with Crippen LogP contribution < -0.4 is 11.5 Å². The van der Waals surface area contributed by atoms with Gasteiger partial charge >= 0.3 is 0 Å². The van der Waals surface area contributed by atoms with E-state index in [1.807, 2.05) is 0 Å². The van der Waals surface area contributed by atoms with Crippen molar-refractivity contribution < 1.29 is 5.11 Å². The molecule has 56 valence electrons. The second-order valence-corrected chi connectivity index (χ2v) is 2.22. The zero-order valence-electron chi connectivity index (χ0n) is 5.71. The number of hydrogen-bond donors (Lipinski definition) is 3. The fraction of sp³-hybridized carbons (Fsp3) is 1.00. The van der Waals surface area contributed by atoms with Crippen LogP contribution >= 0.6 is 0 Å². The highest BCUT2D eigenvalue weighted by atomic mass is 16.2. The third-order valence-corrected chi connectivity index (χ3v) is 1.29. The van der Waals surface area contributed by atoms with E-state index in [1.54, 1.807) is 0 Å². The lowest BCUT2D eigenvalue weighted by molar-refractivity contribution is 0.281. The molecule has 0 radical (unpaired) electrons. The van der Waals surface area contributed by atoms with E-state index < -0.39 is 0 Å². The van der Waals surface area contributed by atoms with Crippen molar-refractivity contribution in [3.8, 4) is 0 Å². The van der Waals surface area contributed by atoms with E-state index in [0.717, 1.165) is 19.3 Å². The van der Waals surface area contributed by atoms with E-state index in [4.69, 9.17) is 16.6 Å². The van der Waals surface area contributed by atoms with Crippen LogP contribution in [0.15, 0.2) is 0 Å². The first-order valence-electron chi connectivity index (χ1n) is 3.37. The first-order chi connectivity index (χ1) is 4.31. The molecule has 3 heteroatoms. The number of hydrogen-bond acceptors (Lipinski definition) is 3. The molecule has 1 atom stereocenters. The molecule has 0 fully saturated rings. The van der Waals surface area contributed by atoms with Crippen molar-refractivity contribution in [1.29, 1.82) is 0 Å². The summed E-state index contributed by atoms with van der Waals surface area (Å²) in [5, 5.41) is 8.38. The zero-order valence-corrected chi connectivity index (χ0v) is 5.71. The highest BCUT2D eigenvalue weighted by molar-refractivity contribution is 4.60. The number of aliphatic hydroxyl groups excluding tert-OH is 1. The van der Waals surface area contributed by atoms with E-state index in [2.05, 4.69) is 0 Å². The molecule has 0 aromatic heterocycles. The SMILES string of the molecule is NCC(N)CCCCO. The molecule has 5 N–H and O–H groups in total. The summed E-state index contributed by atoms with van der Waals surface area (Å²) >= 11 is 0. The van der Waals surface area contributed by atoms with Crippen molar-refractivity contribution >= 4 is 0 Å². The normalized spacial score (nSPS) is 13.7. The average molecular weight is 132 g/mol. The maximum atomic E-state index is 8.38. The maximum absolute atomic E-state index is 8.38. The van der Waals surface area contributed by atoms with Gasteiger partial charge in [-0.1, -0.05) is 0 Å². The van der Waals surface area contributed by atoms with Crippen LogP contribution in [0.3, 0.4) is 0 Å². The lowest BCUT2D eigenvalue weighted by Crippen LogP contribution is -2.29. The molecule has 1 unspecified atom stereocenters. The van der Waals surface area contributed by atoms with Gasteiger partial charge in [0.15, 0.2) is 0 Å². The lowest BCUT2D eigenvalue weighted by atomic mass is 10.1. The summed E-state index contributed by atoms with van der Waals surface area (Å²) in [4.78, 5) is 0. The molecule has 0 aliphatic carbocycles. The molecular weight excluding hydrogens is 116 g/mol. The molecule has 0 bridgehead atoms. The number of unbranched alkanes of at least 4 members (excludes halogenated alkanes) is 1. The first-order valence-corrected chi connectivity index (χ1v) is 3.37. The quantitative estimate of drug-likeness (QED) is 0.439. The van der Waals surface area contributed by atoms with Gasteiger partial charge in [-0.05, 0) is 19.3 Å². The molecule has 0 aliphatic rings.